The van der Waals surface area contributed by atoms with Gasteiger partial charge in [0.25, 0.3) is 6.43 Å². The Kier molecular flexibility index (Phi) is 2.46. The van der Waals surface area contributed by atoms with Crippen LogP contribution in [0.2, 0.25) is 0 Å². The SMILES string of the molecule is Nc1cc(C(F)F)c(N)c(Br)n1. The van der Waals surface area contributed by atoms with Crippen LogP contribution in [0.3, 0.4) is 0 Å². The van der Waals surface area contributed by atoms with Gasteiger partial charge in [-0.15, -0.1) is 0 Å². The number of hydrogen-bond acceptors (Lipinski definition) is 3. The van der Waals surface area contributed by atoms with Gasteiger partial charge < -0.3 is 11.5 Å². The number of nitrogens with two attached hydrogens (primary N) is 2. The molecule has 0 fully saturated rings. The van der Waals surface area contributed by atoms with Gasteiger partial charge in [0.1, 0.15) is 10.4 Å². The third-order valence-electron chi connectivity index (χ3n) is 1.30. The first-order chi connectivity index (χ1) is 5.52. The van der Waals surface area contributed by atoms with Gasteiger partial charge in [0.15, 0.2) is 0 Å². The summed E-state index contributed by atoms with van der Waals surface area (Å²) in [5.41, 5.74) is 10.2. The third kappa shape index (κ3) is 1.63. The van der Waals surface area contributed by atoms with Crippen LogP contribution in [-0.2, 0) is 0 Å². The van der Waals surface area contributed by atoms with Gasteiger partial charge in [0.2, 0.25) is 0 Å². The number of halogens is 3. The minimum atomic E-state index is -2.63. The Morgan fingerprint density at radius 3 is 2.50 bits per heavy atom. The van der Waals surface area contributed by atoms with Crippen LogP contribution in [0.25, 0.3) is 0 Å². The number of aromatic nitrogens is 1. The van der Waals surface area contributed by atoms with E-state index >= 15 is 0 Å². The van der Waals surface area contributed by atoms with Crippen molar-refractivity contribution in [2.75, 3.05) is 11.5 Å². The van der Waals surface area contributed by atoms with Crippen LogP contribution in [0.5, 0.6) is 0 Å². The van der Waals surface area contributed by atoms with Gasteiger partial charge in [0, 0.05) is 5.56 Å². The first kappa shape index (κ1) is 9.18. The molecule has 0 radical (unpaired) electrons. The quantitative estimate of drug-likeness (QED) is 0.735. The van der Waals surface area contributed by atoms with Crippen molar-refractivity contribution in [1.29, 1.82) is 0 Å². The van der Waals surface area contributed by atoms with E-state index in [0.29, 0.717) is 0 Å². The smallest absolute Gasteiger partial charge is 0.266 e. The Hall–Kier alpha value is -0.910. The molecular weight excluding hydrogens is 232 g/mol. The highest BCUT2D eigenvalue weighted by molar-refractivity contribution is 9.10. The fourth-order valence-electron chi connectivity index (χ4n) is 0.743. The standard InChI is InChI=1S/C6H6BrF2N3/c7-5-4(11)2(6(8)9)1-3(10)12-5/h1,6H,11H2,(H2,10,12). The van der Waals surface area contributed by atoms with Crippen molar-refractivity contribution in [3.8, 4) is 0 Å². The fraction of sp³-hybridized carbons (Fsp3) is 0.167. The summed E-state index contributed by atoms with van der Waals surface area (Å²) in [6, 6.07) is 1.06. The molecule has 0 unspecified atom stereocenters. The van der Waals surface area contributed by atoms with Crippen LogP contribution in [0.15, 0.2) is 10.7 Å². The number of hydrogen-bond donors (Lipinski definition) is 2. The lowest BCUT2D eigenvalue weighted by molar-refractivity contribution is 0.152. The average Bonchev–Trinajstić information content (AvgIpc) is 1.96. The predicted octanol–water partition coefficient (Wildman–Crippen LogP) is 1.95. The van der Waals surface area contributed by atoms with Crippen LogP contribution in [-0.4, -0.2) is 4.98 Å². The van der Waals surface area contributed by atoms with E-state index in [4.69, 9.17) is 11.5 Å². The van der Waals surface area contributed by atoms with E-state index in [1.807, 2.05) is 0 Å². The summed E-state index contributed by atoms with van der Waals surface area (Å²) in [6.07, 6.45) is -2.63. The molecule has 0 aromatic carbocycles. The molecule has 6 heteroatoms. The van der Waals surface area contributed by atoms with Crippen molar-refractivity contribution in [2.45, 2.75) is 6.43 Å². The van der Waals surface area contributed by atoms with E-state index < -0.39 is 6.43 Å². The first-order valence-corrected chi connectivity index (χ1v) is 3.81. The van der Waals surface area contributed by atoms with Crippen molar-refractivity contribution in [3.05, 3.63) is 16.2 Å². The fourth-order valence-corrected chi connectivity index (χ4v) is 1.18. The Morgan fingerprint density at radius 1 is 1.42 bits per heavy atom. The molecule has 0 aliphatic heterocycles. The molecule has 66 valence electrons. The zero-order chi connectivity index (χ0) is 9.30. The molecule has 12 heavy (non-hydrogen) atoms. The molecule has 0 aliphatic rings. The van der Waals surface area contributed by atoms with Gasteiger partial charge in [0.05, 0.1) is 5.69 Å². The lowest BCUT2D eigenvalue weighted by Gasteiger charge is -2.06. The molecular formula is C6H6BrF2N3. The molecule has 0 atom stereocenters. The van der Waals surface area contributed by atoms with Crippen LogP contribution in [0.1, 0.15) is 12.0 Å². The summed E-state index contributed by atoms with van der Waals surface area (Å²) in [5, 5.41) is 0. The Bertz CT molecular complexity index is 303. The van der Waals surface area contributed by atoms with Crippen molar-refractivity contribution >= 4 is 27.4 Å². The maximum Gasteiger partial charge on any atom is 0.266 e. The van der Waals surface area contributed by atoms with Gasteiger partial charge in [-0.1, -0.05) is 0 Å². The molecule has 0 saturated carbocycles. The van der Waals surface area contributed by atoms with E-state index in [0.717, 1.165) is 6.07 Å². The number of nitrogen functional groups attached to an aromatic ring is 2. The second-order valence-electron chi connectivity index (χ2n) is 2.14. The molecule has 1 aromatic heterocycles. The van der Waals surface area contributed by atoms with Gasteiger partial charge in [-0.25, -0.2) is 13.8 Å². The van der Waals surface area contributed by atoms with Crippen LogP contribution in [0.4, 0.5) is 20.3 Å². The lowest BCUT2D eigenvalue weighted by atomic mass is 10.2. The normalized spacial score (nSPS) is 10.7. The Morgan fingerprint density at radius 2 is 2.00 bits per heavy atom. The highest BCUT2D eigenvalue weighted by atomic mass is 79.9. The largest absolute Gasteiger partial charge is 0.396 e. The topological polar surface area (TPSA) is 64.9 Å². The van der Waals surface area contributed by atoms with Crippen LogP contribution in [0, 0.1) is 0 Å². The van der Waals surface area contributed by atoms with Gasteiger partial charge in [-0.05, 0) is 22.0 Å². The summed E-state index contributed by atoms with van der Waals surface area (Å²) in [6.45, 7) is 0. The van der Waals surface area contributed by atoms with Crippen molar-refractivity contribution in [3.63, 3.8) is 0 Å². The van der Waals surface area contributed by atoms with Gasteiger partial charge in [-0.3, -0.25) is 0 Å². The number of nitrogens with zero attached hydrogens (tertiary/aromatic N) is 1. The molecule has 0 bridgehead atoms. The number of pyridine rings is 1. The lowest BCUT2D eigenvalue weighted by Crippen LogP contribution is -2.01. The highest BCUT2D eigenvalue weighted by Crippen LogP contribution is 2.30. The summed E-state index contributed by atoms with van der Waals surface area (Å²) in [5.74, 6) is 0.0198. The Labute approximate surface area is 75.9 Å². The zero-order valence-corrected chi connectivity index (χ0v) is 7.48. The molecule has 1 rings (SSSR count). The maximum absolute atomic E-state index is 12.2. The van der Waals surface area contributed by atoms with Crippen LogP contribution >= 0.6 is 15.9 Å². The first-order valence-electron chi connectivity index (χ1n) is 3.02. The van der Waals surface area contributed by atoms with Crippen molar-refractivity contribution in [2.24, 2.45) is 0 Å². The monoisotopic (exact) mass is 237 g/mol. The summed E-state index contributed by atoms with van der Waals surface area (Å²) in [4.78, 5) is 3.65. The van der Waals surface area contributed by atoms with Crippen molar-refractivity contribution in [1.82, 2.24) is 4.98 Å². The molecule has 0 spiro atoms. The number of anilines is 2. The molecule has 1 aromatic rings. The van der Waals surface area contributed by atoms with Crippen LogP contribution < -0.4 is 11.5 Å². The number of rotatable bonds is 1. The second-order valence-corrected chi connectivity index (χ2v) is 2.89. The molecule has 0 saturated heterocycles. The minimum absolute atomic E-state index is 0.0198. The molecule has 0 amide bonds. The average molecular weight is 238 g/mol. The molecule has 4 N–H and O–H groups in total. The molecule has 1 heterocycles. The zero-order valence-electron chi connectivity index (χ0n) is 5.89. The third-order valence-corrected chi connectivity index (χ3v) is 1.90. The Balaban J connectivity index is 3.28. The van der Waals surface area contributed by atoms with E-state index in [9.17, 15) is 8.78 Å². The summed E-state index contributed by atoms with van der Waals surface area (Å²) >= 11 is 2.92. The number of alkyl halides is 2. The van der Waals surface area contributed by atoms with E-state index in [1.165, 1.54) is 0 Å². The highest BCUT2D eigenvalue weighted by Gasteiger charge is 2.14. The van der Waals surface area contributed by atoms with Gasteiger partial charge in [-0.2, -0.15) is 0 Å². The summed E-state index contributed by atoms with van der Waals surface area (Å²) < 4.78 is 24.6. The van der Waals surface area contributed by atoms with E-state index in [2.05, 4.69) is 20.9 Å². The predicted molar refractivity (Wildman–Crippen MR) is 45.7 cm³/mol. The maximum atomic E-state index is 12.2. The van der Waals surface area contributed by atoms with Crippen molar-refractivity contribution < 1.29 is 8.78 Å². The molecule has 0 aliphatic carbocycles. The summed E-state index contributed by atoms with van der Waals surface area (Å²) in [7, 11) is 0. The minimum Gasteiger partial charge on any atom is -0.396 e. The second kappa shape index (κ2) is 3.22. The van der Waals surface area contributed by atoms with E-state index in [-0.39, 0.29) is 21.7 Å². The molecule has 3 nitrogen and oxygen atoms in total. The van der Waals surface area contributed by atoms with E-state index in [1.54, 1.807) is 0 Å². The van der Waals surface area contributed by atoms with Gasteiger partial charge >= 0.3 is 0 Å².